The molecule has 3 rings (SSSR count). The van der Waals surface area contributed by atoms with E-state index in [1.807, 2.05) is 41.3 Å². The molecule has 1 fully saturated rings. The van der Waals surface area contributed by atoms with Gasteiger partial charge in [0.05, 0.1) is 11.3 Å². The zero-order valence-electron chi connectivity index (χ0n) is 13.0. The van der Waals surface area contributed by atoms with Gasteiger partial charge in [-0.3, -0.25) is 9.69 Å². The van der Waals surface area contributed by atoms with Crippen LogP contribution < -0.4 is 0 Å². The highest BCUT2D eigenvalue weighted by Crippen LogP contribution is 2.39. The van der Waals surface area contributed by atoms with Crippen LogP contribution in [-0.2, 0) is 4.79 Å². The number of hydrogen-bond acceptors (Lipinski definition) is 3. The molecule has 0 saturated carbocycles. The Hall–Kier alpha value is -1.65. The number of carbonyl (C=O) groups is 1. The maximum atomic E-state index is 12.9. The van der Waals surface area contributed by atoms with Gasteiger partial charge in [0.1, 0.15) is 4.32 Å². The summed E-state index contributed by atoms with van der Waals surface area (Å²) in [6.07, 6.45) is 1.86. The number of amides is 1. The third-order valence-corrected chi connectivity index (χ3v) is 5.60. The minimum Gasteiger partial charge on any atom is -0.285 e. The van der Waals surface area contributed by atoms with Gasteiger partial charge in [-0.2, -0.15) is 0 Å². The average Bonchev–Trinajstić information content (AvgIpc) is 2.85. The fourth-order valence-electron chi connectivity index (χ4n) is 2.91. The second-order valence-corrected chi connectivity index (χ2v) is 7.43. The standard InChI is InChI=1S/C19H19NOS2/c1-2-9-16-18(21)20(19(22)23-16)17(14-10-5-3-6-11-14)15-12-7-4-8-13-15/h3-8,10-13,16-17H,2,9H2,1H3. The summed E-state index contributed by atoms with van der Waals surface area (Å²) in [5, 5.41) is -0.0394. The van der Waals surface area contributed by atoms with Crippen molar-refractivity contribution in [2.45, 2.75) is 31.1 Å². The molecule has 4 heteroatoms. The zero-order chi connectivity index (χ0) is 16.2. The molecule has 0 spiro atoms. The van der Waals surface area contributed by atoms with Crippen molar-refractivity contribution in [1.29, 1.82) is 0 Å². The van der Waals surface area contributed by atoms with Crippen molar-refractivity contribution in [2.75, 3.05) is 0 Å². The summed E-state index contributed by atoms with van der Waals surface area (Å²) in [5.74, 6) is 0.138. The van der Waals surface area contributed by atoms with Gasteiger partial charge in [0, 0.05) is 0 Å². The molecule has 2 aromatic rings. The second-order valence-electron chi connectivity index (χ2n) is 5.59. The lowest BCUT2D eigenvalue weighted by Crippen LogP contribution is -2.35. The largest absolute Gasteiger partial charge is 0.285 e. The van der Waals surface area contributed by atoms with Gasteiger partial charge in [0.25, 0.3) is 0 Å². The number of thiocarbonyl (C=S) groups is 1. The van der Waals surface area contributed by atoms with E-state index in [4.69, 9.17) is 12.2 Å². The van der Waals surface area contributed by atoms with E-state index >= 15 is 0 Å². The van der Waals surface area contributed by atoms with Gasteiger partial charge < -0.3 is 0 Å². The molecule has 0 radical (unpaired) electrons. The minimum atomic E-state index is -0.147. The smallest absolute Gasteiger partial charge is 0.242 e. The highest BCUT2D eigenvalue weighted by molar-refractivity contribution is 8.24. The maximum absolute atomic E-state index is 12.9. The van der Waals surface area contributed by atoms with E-state index in [2.05, 4.69) is 31.2 Å². The molecule has 1 aliphatic rings. The molecule has 1 heterocycles. The van der Waals surface area contributed by atoms with E-state index in [-0.39, 0.29) is 17.2 Å². The first kappa shape index (κ1) is 16.2. The van der Waals surface area contributed by atoms with Crippen LogP contribution in [0.3, 0.4) is 0 Å². The number of benzene rings is 2. The molecule has 1 saturated heterocycles. The molecule has 2 aromatic carbocycles. The molecular formula is C19H19NOS2. The van der Waals surface area contributed by atoms with E-state index in [0.29, 0.717) is 4.32 Å². The zero-order valence-corrected chi connectivity index (χ0v) is 14.6. The van der Waals surface area contributed by atoms with Crippen molar-refractivity contribution in [3.8, 4) is 0 Å². The molecule has 1 aliphatic heterocycles. The molecule has 1 unspecified atom stereocenters. The Balaban J connectivity index is 2.03. The Labute approximate surface area is 146 Å². The van der Waals surface area contributed by atoms with Crippen LogP contribution in [0.4, 0.5) is 0 Å². The summed E-state index contributed by atoms with van der Waals surface area (Å²) in [4.78, 5) is 14.7. The summed E-state index contributed by atoms with van der Waals surface area (Å²) in [7, 11) is 0. The lowest BCUT2D eigenvalue weighted by molar-refractivity contribution is -0.127. The van der Waals surface area contributed by atoms with Gasteiger partial charge in [-0.25, -0.2) is 0 Å². The van der Waals surface area contributed by atoms with Gasteiger partial charge in [0.2, 0.25) is 5.91 Å². The van der Waals surface area contributed by atoms with Gasteiger partial charge in [-0.15, -0.1) is 0 Å². The fourth-order valence-corrected chi connectivity index (χ4v) is 4.58. The summed E-state index contributed by atoms with van der Waals surface area (Å²) in [6, 6.07) is 20.1. The lowest BCUT2D eigenvalue weighted by Gasteiger charge is -2.28. The van der Waals surface area contributed by atoms with Crippen molar-refractivity contribution in [1.82, 2.24) is 4.90 Å². The van der Waals surface area contributed by atoms with Crippen molar-refractivity contribution in [2.24, 2.45) is 0 Å². The Kier molecular flexibility index (Phi) is 5.13. The number of carbonyl (C=O) groups excluding carboxylic acids is 1. The third-order valence-electron chi connectivity index (χ3n) is 3.99. The van der Waals surface area contributed by atoms with Crippen LogP contribution >= 0.6 is 24.0 Å². The molecule has 0 aliphatic carbocycles. The fraction of sp³-hybridized carbons (Fsp3) is 0.263. The van der Waals surface area contributed by atoms with Crippen LogP contribution in [0, 0.1) is 0 Å². The molecule has 1 amide bonds. The summed E-state index contributed by atoms with van der Waals surface area (Å²) < 4.78 is 0.686. The SMILES string of the molecule is CCCC1SC(=S)N(C(c2ccccc2)c2ccccc2)C1=O. The summed E-state index contributed by atoms with van der Waals surface area (Å²) in [5.41, 5.74) is 2.18. The molecular weight excluding hydrogens is 322 g/mol. The van der Waals surface area contributed by atoms with Crippen LogP contribution in [0.25, 0.3) is 0 Å². The molecule has 118 valence electrons. The van der Waals surface area contributed by atoms with E-state index in [1.54, 1.807) is 0 Å². The van der Waals surface area contributed by atoms with Crippen molar-refractivity contribution >= 4 is 34.2 Å². The van der Waals surface area contributed by atoms with Gasteiger partial charge in [-0.05, 0) is 17.5 Å². The minimum absolute atomic E-state index is 0.0394. The van der Waals surface area contributed by atoms with Crippen LogP contribution in [0.1, 0.15) is 36.9 Å². The maximum Gasteiger partial charge on any atom is 0.242 e. The normalized spacial score (nSPS) is 18.0. The van der Waals surface area contributed by atoms with Gasteiger partial charge in [0.15, 0.2) is 0 Å². The Morgan fingerprint density at radius 3 is 2.04 bits per heavy atom. The predicted octanol–water partition coefficient (Wildman–Crippen LogP) is 4.81. The number of hydrogen-bond donors (Lipinski definition) is 0. The number of rotatable bonds is 5. The van der Waals surface area contributed by atoms with Crippen molar-refractivity contribution < 1.29 is 4.79 Å². The lowest BCUT2D eigenvalue weighted by atomic mass is 9.97. The first-order chi connectivity index (χ1) is 11.2. The third kappa shape index (κ3) is 3.33. The van der Waals surface area contributed by atoms with E-state index < -0.39 is 0 Å². The van der Waals surface area contributed by atoms with E-state index in [9.17, 15) is 4.79 Å². The van der Waals surface area contributed by atoms with Crippen LogP contribution in [-0.4, -0.2) is 20.4 Å². The topological polar surface area (TPSA) is 20.3 Å². The molecule has 0 aromatic heterocycles. The van der Waals surface area contributed by atoms with E-state index in [1.165, 1.54) is 11.8 Å². The van der Waals surface area contributed by atoms with Crippen LogP contribution in [0.5, 0.6) is 0 Å². The monoisotopic (exact) mass is 341 g/mol. The first-order valence-electron chi connectivity index (χ1n) is 7.86. The summed E-state index contributed by atoms with van der Waals surface area (Å²) >= 11 is 7.08. The number of thioether (sulfide) groups is 1. The van der Waals surface area contributed by atoms with Crippen molar-refractivity contribution in [3.63, 3.8) is 0 Å². The Bertz CT molecular complexity index is 648. The molecule has 0 bridgehead atoms. The predicted molar refractivity (Wildman–Crippen MR) is 100 cm³/mol. The van der Waals surface area contributed by atoms with Crippen molar-refractivity contribution in [3.05, 3.63) is 71.8 Å². The van der Waals surface area contributed by atoms with Crippen LogP contribution in [0.2, 0.25) is 0 Å². The first-order valence-corrected chi connectivity index (χ1v) is 9.14. The molecule has 2 nitrogen and oxygen atoms in total. The molecule has 23 heavy (non-hydrogen) atoms. The average molecular weight is 342 g/mol. The second kappa shape index (κ2) is 7.28. The molecule has 1 atom stereocenters. The highest BCUT2D eigenvalue weighted by atomic mass is 32.2. The Morgan fingerprint density at radius 2 is 1.57 bits per heavy atom. The van der Waals surface area contributed by atoms with E-state index in [0.717, 1.165) is 24.0 Å². The highest BCUT2D eigenvalue weighted by Gasteiger charge is 2.41. The van der Waals surface area contributed by atoms with Gasteiger partial charge >= 0.3 is 0 Å². The molecule has 0 N–H and O–H groups in total. The van der Waals surface area contributed by atoms with Crippen LogP contribution in [0.15, 0.2) is 60.7 Å². The quantitative estimate of drug-likeness (QED) is 0.728. The Morgan fingerprint density at radius 1 is 1.04 bits per heavy atom. The number of nitrogens with zero attached hydrogens (tertiary/aromatic N) is 1. The summed E-state index contributed by atoms with van der Waals surface area (Å²) in [6.45, 7) is 2.10. The van der Waals surface area contributed by atoms with Gasteiger partial charge in [-0.1, -0.05) is 98.0 Å².